The van der Waals surface area contributed by atoms with Gasteiger partial charge in [0, 0.05) is 11.6 Å². The van der Waals surface area contributed by atoms with Gasteiger partial charge in [-0.25, -0.2) is 9.78 Å². The molecule has 136 valence electrons. The van der Waals surface area contributed by atoms with Crippen molar-refractivity contribution in [1.82, 2.24) is 4.98 Å². The van der Waals surface area contributed by atoms with Crippen LogP contribution in [-0.4, -0.2) is 16.1 Å². The highest BCUT2D eigenvalue weighted by molar-refractivity contribution is 5.85. The molecule has 1 heterocycles. The quantitative estimate of drug-likeness (QED) is 0.360. The molecule has 0 aliphatic carbocycles. The molecule has 3 aromatic carbocycles. The lowest BCUT2D eigenvalue weighted by Crippen LogP contribution is -1.85. The predicted octanol–water partition coefficient (Wildman–Crippen LogP) is 5.76. The number of benzene rings is 3. The molecule has 0 aliphatic heterocycles. The van der Waals surface area contributed by atoms with Gasteiger partial charge in [-0.2, -0.15) is 0 Å². The zero-order chi connectivity index (χ0) is 19.3. The topological polar surface area (TPSA) is 63.3 Å². The van der Waals surface area contributed by atoms with Gasteiger partial charge in [0.15, 0.2) is 5.58 Å². The third-order valence-corrected chi connectivity index (χ3v) is 4.27. The fraction of sp³-hybridized carbons (Fsp3) is 0. The van der Waals surface area contributed by atoms with E-state index in [4.69, 9.17) is 9.52 Å². The molecule has 0 saturated carbocycles. The van der Waals surface area contributed by atoms with E-state index < -0.39 is 5.97 Å². The van der Waals surface area contributed by atoms with Crippen LogP contribution in [0.15, 0.2) is 83.3 Å². The maximum atomic E-state index is 10.6. The Morgan fingerprint density at radius 1 is 0.786 bits per heavy atom. The lowest BCUT2D eigenvalue weighted by molar-refractivity contribution is -0.131. The minimum atomic E-state index is -0.953. The first-order valence-electron chi connectivity index (χ1n) is 8.82. The van der Waals surface area contributed by atoms with Gasteiger partial charge in [-0.1, -0.05) is 60.7 Å². The molecule has 4 aromatic rings. The molecule has 1 N–H and O–H groups in total. The molecule has 0 amide bonds. The van der Waals surface area contributed by atoms with Gasteiger partial charge >= 0.3 is 5.97 Å². The van der Waals surface area contributed by atoms with Crippen molar-refractivity contribution in [3.63, 3.8) is 0 Å². The highest BCUT2D eigenvalue weighted by Gasteiger charge is 2.06. The van der Waals surface area contributed by atoms with Crippen LogP contribution in [0.3, 0.4) is 0 Å². The van der Waals surface area contributed by atoms with Gasteiger partial charge in [-0.3, -0.25) is 0 Å². The van der Waals surface area contributed by atoms with E-state index in [0.717, 1.165) is 39.4 Å². The Morgan fingerprint density at radius 3 is 1.96 bits per heavy atom. The van der Waals surface area contributed by atoms with Crippen molar-refractivity contribution in [1.29, 1.82) is 0 Å². The summed E-state index contributed by atoms with van der Waals surface area (Å²) in [6.45, 7) is 0. The number of hydrogen-bond acceptors (Lipinski definition) is 3. The standard InChI is InChI=1S/C24H17NO3/c26-23(27)16-13-18-8-5-17(6-9-18)7-10-19-11-14-20(15-12-19)24-25-21-3-1-2-4-22(21)28-24/h1-16H,(H,26,27)/b10-7-,16-13+. The van der Waals surface area contributed by atoms with E-state index in [0.29, 0.717) is 5.89 Å². The fourth-order valence-electron chi connectivity index (χ4n) is 2.81. The molecule has 4 rings (SSSR count). The first-order chi connectivity index (χ1) is 13.7. The van der Waals surface area contributed by atoms with Crippen LogP contribution in [0.4, 0.5) is 0 Å². The average Bonchev–Trinajstić information content (AvgIpc) is 3.16. The molecule has 0 fully saturated rings. The van der Waals surface area contributed by atoms with Crippen molar-refractivity contribution in [2.24, 2.45) is 0 Å². The van der Waals surface area contributed by atoms with Crippen LogP contribution in [0.2, 0.25) is 0 Å². The number of oxazole rings is 1. The number of hydrogen-bond donors (Lipinski definition) is 1. The number of nitrogens with zero attached hydrogens (tertiary/aromatic N) is 1. The SMILES string of the molecule is O=C(O)/C=C/c1ccc(/C=C\c2ccc(-c3nc4ccccc4o3)cc2)cc1. The minimum Gasteiger partial charge on any atom is -0.478 e. The fourth-order valence-corrected chi connectivity index (χ4v) is 2.81. The molecule has 0 bridgehead atoms. The number of carbonyl (C=O) groups is 1. The van der Waals surface area contributed by atoms with E-state index in [2.05, 4.69) is 4.98 Å². The Bertz CT molecular complexity index is 1130. The number of rotatable bonds is 5. The zero-order valence-corrected chi connectivity index (χ0v) is 14.9. The normalized spacial score (nSPS) is 11.6. The summed E-state index contributed by atoms with van der Waals surface area (Å²) in [5, 5.41) is 8.66. The molecule has 0 unspecified atom stereocenters. The zero-order valence-electron chi connectivity index (χ0n) is 14.9. The van der Waals surface area contributed by atoms with Crippen molar-refractivity contribution in [3.8, 4) is 11.5 Å². The second kappa shape index (κ2) is 7.76. The third kappa shape index (κ3) is 4.07. The molecule has 0 spiro atoms. The van der Waals surface area contributed by atoms with E-state index in [9.17, 15) is 4.79 Å². The Kier molecular flexibility index (Phi) is 4.85. The summed E-state index contributed by atoms with van der Waals surface area (Å²) in [4.78, 5) is 15.1. The molecule has 0 saturated heterocycles. The number of fused-ring (bicyclic) bond motifs is 1. The molecule has 4 nitrogen and oxygen atoms in total. The lowest BCUT2D eigenvalue weighted by Gasteiger charge is -1.98. The Hall–Kier alpha value is -3.92. The average molecular weight is 367 g/mol. The second-order valence-corrected chi connectivity index (χ2v) is 6.28. The van der Waals surface area contributed by atoms with Gasteiger partial charge in [0.2, 0.25) is 5.89 Å². The van der Waals surface area contributed by atoms with Crippen LogP contribution < -0.4 is 0 Å². The van der Waals surface area contributed by atoms with E-state index in [1.54, 1.807) is 6.08 Å². The Morgan fingerprint density at radius 2 is 1.36 bits per heavy atom. The van der Waals surface area contributed by atoms with Gasteiger partial charge < -0.3 is 9.52 Å². The number of para-hydroxylation sites is 2. The molecule has 0 atom stereocenters. The van der Waals surface area contributed by atoms with Crippen molar-refractivity contribution < 1.29 is 14.3 Å². The summed E-state index contributed by atoms with van der Waals surface area (Å²) in [7, 11) is 0. The summed E-state index contributed by atoms with van der Waals surface area (Å²) >= 11 is 0. The molecule has 1 aromatic heterocycles. The van der Waals surface area contributed by atoms with Crippen molar-refractivity contribution in [2.75, 3.05) is 0 Å². The smallest absolute Gasteiger partial charge is 0.328 e. The molecule has 0 radical (unpaired) electrons. The number of carboxylic acids is 1. The predicted molar refractivity (Wildman–Crippen MR) is 111 cm³/mol. The van der Waals surface area contributed by atoms with Crippen LogP contribution in [0.5, 0.6) is 0 Å². The first kappa shape index (κ1) is 17.5. The van der Waals surface area contributed by atoms with Crippen LogP contribution in [-0.2, 0) is 4.79 Å². The van der Waals surface area contributed by atoms with E-state index >= 15 is 0 Å². The monoisotopic (exact) mass is 367 g/mol. The van der Waals surface area contributed by atoms with Crippen molar-refractivity contribution in [3.05, 3.63) is 95.6 Å². The summed E-state index contributed by atoms with van der Waals surface area (Å²) in [6, 6.07) is 23.4. The second-order valence-electron chi connectivity index (χ2n) is 6.28. The Balaban J connectivity index is 1.47. The highest BCUT2D eigenvalue weighted by Crippen LogP contribution is 2.24. The van der Waals surface area contributed by atoms with E-state index in [1.807, 2.05) is 84.9 Å². The molecular formula is C24H17NO3. The molecule has 28 heavy (non-hydrogen) atoms. The number of aliphatic carboxylic acids is 1. The van der Waals surface area contributed by atoms with Gasteiger partial charge in [-0.15, -0.1) is 0 Å². The minimum absolute atomic E-state index is 0.613. The van der Waals surface area contributed by atoms with Gasteiger partial charge in [0.05, 0.1) is 0 Å². The number of aromatic nitrogens is 1. The van der Waals surface area contributed by atoms with Crippen molar-refractivity contribution >= 4 is 35.3 Å². The van der Waals surface area contributed by atoms with Gasteiger partial charge in [-0.05, 0) is 47.0 Å². The van der Waals surface area contributed by atoms with Gasteiger partial charge in [0.25, 0.3) is 0 Å². The summed E-state index contributed by atoms with van der Waals surface area (Å²) in [5.41, 5.74) is 5.52. The van der Waals surface area contributed by atoms with Crippen molar-refractivity contribution in [2.45, 2.75) is 0 Å². The summed E-state index contributed by atoms with van der Waals surface area (Å²) in [6.07, 6.45) is 6.74. The molecule has 0 aliphatic rings. The highest BCUT2D eigenvalue weighted by atomic mass is 16.4. The molecular weight excluding hydrogens is 350 g/mol. The maximum absolute atomic E-state index is 10.6. The van der Waals surface area contributed by atoms with Crippen LogP contribution in [0, 0.1) is 0 Å². The summed E-state index contributed by atoms with van der Waals surface area (Å²) < 4.78 is 5.80. The number of carboxylic acid groups (broad SMARTS) is 1. The maximum Gasteiger partial charge on any atom is 0.328 e. The Labute approximate surface area is 162 Å². The van der Waals surface area contributed by atoms with Gasteiger partial charge in [0.1, 0.15) is 5.52 Å². The van der Waals surface area contributed by atoms with E-state index in [-0.39, 0.29) is 0 Å². The van der Waals surface area contributed by atoms with Crippen LogP contribution >= 0.6 is 0 Å². The molecule has 4 heteroatoms. The van der Waals surface area contributed by atoms with E-state index in [1.165, 1.54) is 0 Å². The largest absolute Gasteiger partial charge is 0.478 e. The summed E-state index contributed by atoms with van der Waals surface area (Å²) in [5.74, 6) is -0.341. The van der Waals surface area contributed by atoms with Crippen LogP contribution in [0.25, 0.3) is 40.8 Å². The third-order valence-electron chi connectivity index (χ3n) is 4.27. The lowest BCUT2D eigenvalue weighted by atomic mass is 10.1. The first-order valence-corrected chi connectivity index (χ1v) is 8.82. The van der Waals surface area contributed by atoms with Crippen LogP contribution in [0.1, 0.15) is 16.7 Å².